The van der Waals surface area contributed by atoms with E-state index >= 15 is 0 Å². The molecule has 2 unspecified atom stereocenters. The van der Waals surface area contributed by atoms with E-state index in [0.29, 0.717) is 12.1 Å². The van der Waals surface area contributed by atoms with Gasteiger partial charge in [0.25, 0.3) is 0 Å². The molecule has 1 aromatic carbocycles. The molecule has 17 heavy (non-hydrogen) atoms. The van der Waals surface area contributed by atoms with E-state index in [1.54, 1.807) is 0 Å². The number of nitrogens with one attached hydrogen (secondary N) is 1. The lowest BCUT2D eigenvalue weighted by Gasteiger charge is -2.45. The molecule has 2 nitrogen and oxygen atoms in total. The first-order valence-corrected chi connectivity index (χ1v) is 6.87. The highest BCUT2D eigenvalue weighted by Gasteiger charge is 2.35. The van der Waals surface area contributed by atoms with Crippen molar-refractivity contribution < 1.29 is 0 Å². The second-order valence-electron chi connectivity index (χ2n) is 5.14. The normalized spacial score (nSPS) is 28.6. The van der Waals surface area contributed by atoms with E-state index in [-0.39, 0.29) is 0 Å². The summed E-state index contributed by atoms with van der Waals surface area (Å²) in [5.74, 6) is 0. The Morgan fingerprint density at radius 1 is 1.35 bits per heavy atom. The minimum absolute atomic E-state index is 0.469. The van der Waals surface area contributed by atoms with Crippen LogP contribution in [0, 0.1) is 0 Å². The summed E-state index contributed by atoms with van der Waals surface area (Å²) >= 11 is 6.10. The summed E-state index contributed by atoms with van der Waals surface area (Å²) in [6.45, 7) is 2.30. The number of benzene rings is 1. The van der Waals surface area contributed by atoms with Crippen LogP contribution < -0.4 is 5.32 Å². The maximum absolute atomic E-state index is 6.10. The number of piperidine rings is 1. The Balaban J connectivity index is 2.01. The van der Waals surface area contributed by atoms with Gasteiger partial charge in [-0.05, 0) is 49.7 Å². The highest BCUT2D eigenvalue weighted by atomic mass is 35.5. The molecule has 3 rings (SSSR count). The molecule has 2 atom stereocenters. The van der Waals surface area contributed by atoms with Gasteiger partial charge in [0.05, 0.1) is 0 Å². The zero-order chi connectivity index (χ0) is 11.8. The van der Waals surface area contributed by atoms with Crippen molar-refractivity contribution in [2.24, 2.45) is 0 Å². The Kier molecular flexibility index (Phi) is 3.12. The predicted octanol–water partition coefficient (Wildman–Crippen LogP) is 2.97. The van der Waals surface area contributed by atoms with Crippen LogP contribution in [0.1, 0.15) is 36.4 Å². The summed E-state index contributed by atoms with van der Waals surface area (Å²) in [5.41, 5.74) is 2.84. The van der Waals surface area contributed by atoms with E-state index in [4.69, 9.17) is 11.6 Å². The van der Waals surface area contributed by atoms with Crippen molar-refractivity contribution in [3.63, 3.8) is 0 Å². The van der Waals surface area contributed by atoms with Gasteiger partial charge in [0.1, 0.15) is 0 Å². The van der Waals surface area contributed by atoms with Crippen LogP contribution in [0.25, 0.3) is 0 Å². The van der Waals surface area contributed by atoms with Crippen molar-refractivity contribution in [1.29, 1.82) is 0 Å². The monoisotopic (exact) mass is 250 g/mol. The van der Waals surface area contributed by atoms with E-state index in [1.165, 1.54) is 36.9 Å². The highest BCUT2D eigenvalue weighted by Crippen LogP contribution is 2.37. The Hall–Kier alpha value is -0.570. The minimum atomic E-state index is 0.469. The molecule has 0 bridgehead atoms. The molecule has 2 aliphatic heterocycles. The van der Waals surface area contributed by atoms with E-state index in [1.807, 2.05) is 6.07 Å². The molecule has 1 aromatic rings. The largest absolute Gasteiger partial charge is 0.312 e. The van der Waals surface area contributed by atoms with Crippen LogP contribution in [-0.4, -0.2) is 24.5 Å². The third-order valence-electron chi connectivity index (χ3n) is 4.17. The van der Waals surface area contributed by atoms with Gasteiger partial charge < -0.3 is 5.32 Å². The molecule has 0 radical (unpaired) electrons. The molecule has 2 heterocycles. The third kappa shape index (κ3) is 1.99. The topological polar surface area (TPSA) is 15.3 Å². The van der Waals surface area contributed by atoms with E-state index in [9.17, 15) is 0 Å². The Morgan fingerprint density at radius 3 is 3.06 bits per heavy atom. The van der Waals surface area contributed by atoms with Gasteiger partial charge in [-0.1, -0.05) is 24.1 Å². The molecule has 0 aromatic heterocycles. The predicted molar refractivity (Wildman–Crippen MR) is 71.3 cm³/mol. The number of hydrogen-bond donors (Lipinski definition) is 1. The molecule has 1 fully saturated rings. The van der Waals surface area contributed by atoms with Gasteiger partial charge >= 0.3 is 0 Å². The van der Waals surface area contributed by atoms with Crippen molar-refractivity contribution in [2.75, 3.05) is 13.6 Å². The summed E-state index contributed by atoms with van der Waals surface area (Å²) in [4.78, 5) is 2.61. The molecule has 92 valence electrons. The first kappa shape index (κ1) is 11.5. The van der Waals surface area contributed by atoms with Crippen LogP contribution in [0.4, 0.5) is 0 Å². The van der Waals surface area contributed by atoms with Crippen molar-refractivity contribution in [1.82, 2.24) is 10.2 Å². The van der Waals surface area contributed by atoms with Crippen LogP contribution in [0.3, 0.4) is 0 Å². The number of halogens is 1. The summed E-state index contributed by atoms with van der Waals surface area (Å²) in [6, 6.07) is 7.48. The van der Waals surface area contributed by atoms with Crippen LogP contribution in [-0.2, 0) is 6.54 Å². The number of likely N-dealkylation sites (N-methyl/N-ethyl adjacent to an activating group) is 1. The first-order chi connectivity index (χ1) is 8.29. The summed E-state index contributed by atoms with van der Waals surface area (Å²) < 4.78 is 0. The van der Waals surface area contributed by atoms with Crippen molar-refractivity contribution in [3.8, 4) is 0 Å². The number of fused-ring (bicyclic) bond motifs is 2. The molecule has 1 N–H and O–H groups in total. The maximum Gasteiger partial charge on any atom is 0.0479 e. The fraction of sp³-hybridized carbons (Fsp3) is 0.571. The first-order valence-electron chi connectivity index (χ1n) is 6.49. The SMILES string of the molecule is CNC1c2ccc(Cl)cc2CN2CCCCC12. The minimum Gasteiger partial charge on any atom is -0.312 e. The second kappa shape index (κ2) is 4.60. The van der Waals surface area contributed by atoms with Gasteiger partial charge in [0.15, 0.2) is 0 Å². The number of nitrogens with zero attached hydrogens (tertiary/aromatic N) is 1. The highest BCUT2D eigenvalue weighted by molar-refractivity contribution is 6.30. The van der Waals surface area contributed by atoms with E-state index in [0.717, 1.165) is 11.6 Å². The average molecular weight is 251 g/mol. The van der Waals surface area contributed by atoms with Gasteiger partial charge in [0.2, 0.25) is 0 Å². The lowest BCUT2D eigenvalue weighted by molar-refractivity contribution is 0.0945. The summed E-state index contributed by atoms with van der Waals surface area (Å²) in [5, 5.41) is 4.35. The molecule has 0 saturated carbocycles. The van der Waals surface area contributed by atoms with Gasteiger partial charge in [-0.25, -0.2) is 0 Å². The molecule has 1 saturated heterocycles. The van der Waals surface area contributed by atoms with Crippen LogP contribution >= 0.6 is 11.6 Å². The zero-order valence-electron chi connectivity index (χ0n) is 10.2. The van der Waals surface area contributed by atoms with E-state index in [2.05, 4.69) is 29.4 Å². The zero-order valence-corrected chi connectivity index (χ0v) is 11.0. The van der Waals surface area contributed by atoms with Gasteiger partial charge in [-0.2, -0.15) is 0 Å². The van der Waals surface area contributed by atoms with E-state index < -0.39 is 0 Å². The van der Waals surface area contributed by atoms with Crippen molar-refractivity contribution in [2.45, 2.75) is 37.9 Å². The Morgan fingerprint density at radius 2 is 2.24 bits per heavy atom. The smallest absolute Gasteiger partial charge is 0.0479 e. The summed E-state index contributed by atoms with van der Waals surface area (Å²) in [7, 11) is 2.07. The molecule has 3 heteroatoms. The van der Waals surface area contributed by atoms with Crippen LogP contribution in [0.5, 0.6) is 0 Å². The lowest BCUT2D eigenvalue weighted by atomic mass is 9.84. The standard InChI is InChI=1S/C14H19ClN2/c1-16-14-12-6-5-11(15)8-10(12)9-17-7-3-2-4-13(14)17/h5-6,8,13-14,16H,2-4,7,9H2,1H3. The summed E-state index contributed by atoms with van der Waals surface area (Å²) in [6.07, 6.45) is 4.01. The molecular weight excluding hydrogens is 232 g/mol. The number of hydrogen-bond acceptors (Lipinski definition) is 2. The lowest BCUT2D eigenvalue weighted by Crippen LogP contribution is -2.49. The average Bonchev–Trinajstić information content (AvgIpc) is 2.35. The van der Waals surface area contributed by atoms with Crippen LogP contribution in [0.2, 0.25) is 5.02 Å². The van der Waals surface area contributed by atoms with Gasteiger partial charge in [-0.3, -0.25) is 4.90 Å². The second-order valence-corrected chi connectivity index (χ2v) is 5.58. The maximum atomic E-state index is 6.10. The molecule has 2 aliphatic rings. The third-order valence-corrected chi connectivity index (χ3v) is 4.41. The number of rotatable bonds is 1. The Bertz CT molecular complexity index is 419. The van der Waals surface area contributed by atoms with Crippen molar-refractivity contribution in [3.05, 3.63) is 34.3 Å². The van der Waals surface area contributed by atoms with Crippen molar-refractivity contribution >= 4 is 11.6 Å². The molecule has 0 aliphatic carbocycles. The molecule has 0 spiro atoms. The fourth-order valence-corrected chi connectivity index (χ4v) is 3.57. The Labute approximate surface area is 108 Å². The molecular formula is C14H19ClN2. The van der Waals surface area contributed by atoms with Gasteiger partial charge in [-0.15, -0.1) is 0 Å². The van der Waals surface area contributed by atoms with Crippen LogP contribution in [0.15, 0.2) is 18.2 Å². The molecule has 0 amide bonds. The van der Waals surface area contributed by atoms with Gasteiger partial charge in [0, 0.05) is 23.7 Å². The fourth-order valence-electron chi connectivity index (χ4n) is 3.38. The quantitative estimate of drug-likeness (QED) is 0.825.